The average Bonchev–Trinajstić information content (AvgIpc) is 2.85. The fraction of sp³-hybridized carbons (Fsp3) is 0.412. The zero-order valence-electron chi connectivity index (χ0n) is 13.6. The van der Waals surface area contributed by atoms with Crippen LogP contribution in [0.1, 0.15) is 32.2 Å². The number of hydrogen-bond acceptors (Lipinski definition) is 2. The minimum atomic E-state index is -0.0701. The van der Waals surface area contributed by atoms with Crippen molar-refractivity contribution in [2.24, 2.45) is 10.7 Å². The molecule has 0 saturated carbocycles. The monoisotopic (exact) mass is 299 g/mol. The Morgan fingerprint density at radius 2 is 2.00 bits per heavy atom. The van der Waals surface area contributed by atoms with Crippen molar-refractivity contribution < 1.29 is 0 Å². The Kier molecular flexibility index (Phi) is 5.20. The lowest BCUT2D eigenvalue weighted by Gasteiger charge is -2.20. The third-order valence-corrected chi connectivity index (χ3v) is 3.12. The van der Waals surface area contributed by atoms with Crippen LogP contribution in [-0.4, -0.2) is 27.6 Å². The van der Waals surface area contributed by atoms with Crippen molar-refractivity contribution in [3.63, 3.8) is 0 Å². The van der Waals surface area contributed by atoms with Gasteiger partial charge in [-0.05, 0) is 26.3 Å². The average molecular weight is 299 g/mol. The van der Waals surface area contributed by atoms with Gasteiger partial charge in [0.1, 0.15) is 5.82 Å². The molecule has 0 aliphatic carbocycles. The van der Waals surface area contributed by atoms with Crippen molar-refractivity contribution >= 4 is 5.96 Å². The Balaban J connectivity index is 1.92. The number of nitrogens with zero attached hydrogens (tertiary/aromatic N) is 3. The van der Waals surface area contributed by atoms with Crippen LogP contribution in [-0.2, 0) is 13.0 Å². The second-order valence-corrected chi connectivity index (χ2v) is 6.35. The molecule has 22 heavy (non-hydrogen) atoms. The molecule has 0 spiro atoms. The highest BCUT2D eigenvalue weighted by atomic mass is 15.1. The fourth-order valence-electron chi connectivity index (χ4n) is 2.19. The van der Waals surface area contributed by atoms with E-state index in [0.717, 1.165) is 18.8 Å². The van der Waals surface area contributed by atoms with E-state index in [4.69, 9.17) is 5.73 Å². The molecule has 5 heteroatoms. The quantitative estimate of drug-likeness (QED) is 0.657. The van der Waals surface area contributed by atoms with Crippen molar-refractivity contribution in [3.8, 4) is 0 Å². The molecule has 5 nitrogen and oxygen atoms in total. The molecule has 2 rings (SSSR count). The van der Waals surface area contributed by atoms with Gasteiger partial charge in [0.25, 0.3) is 0 Å². The molecule has 1 heterocycles. The molecule has 3 N–H and O–H groups in total. The van der Waals surface area contributed by atoms with Crippen molar-refractivity contribution in [1.82, 2.24) is 14.9 Å². The van der Waals surface area contributed by atoms with Crippen molar-refractivity contribution in [1.29, 1.82) is 0 Å². The van der Waals surface area contributed by atoms with Crippen molar-refractivity contribution in [3.05, 3.63) is 54.1 Å². The summed E-state index contributed by atoms with van der Waals surface area (Å²) in [5, 5.41) is 3.15. The summed E-state index contributed by atoms with van der Waals surface area (Å²) in [5.41, 5.74) is 7.07. The van der Waals surface area contributed by atoms with E-state index in [0.29, 0.717) is 12.5 Å². The van der Waals surface area contributed by atoms with Crippen LogP contribution in [0.5, 0.6) is 0 Å². The smallest absolute Gasteiger partial charge is 0.188 e. The van der Waals surface area contributed by atoms with E-state index in [1.807, 2.05) is 18.5 Å². The van der Waals surface area contributed by atoms with Crippen LogP contribution in [0.25, 0.3) is 0 Å². The Bertz CT molecular complexity index is 607. The van der Waals surface area contributed by atoms with Gasteiger partial charge in [-0.2, -0.15) is 0 Å². The van der Waals surface area contributed by atoms with Crippen LogP contribution in [0.4, 0.5) is 0 Å². The first kappa shape index (κ1) is 16.1. The van der Waals surface area contributed by atoms with Crippen molar-refractivity contribution in [2.75, 3.05) is 6.54 Å². The molecule has 0 aliphatic rings. The largest absolute Gasteiger partial charge is 0.370 e. The number of guanidine groups is 1. The van der Waals surface area contributed by atoms with Gasteiger partial charge in [0.2, 0.25) is 0 Å². The minimum absolute atomic E-state index is 0.0701. The van der Waals surface area contributed by atoms with Crippen LogP contribution in [0.3, 0.4) is 0 Å². The molecule has 0 saturated heterocycles. The topological polar surface area (TPSA) is 68.2 Å². The minimum Gasteiger partial charge on any atom is -0.370 e. The van der Waals surface area contributed by atoms with E-state index in [2.05, 4.69) is 64.9 Å². The molecular weight excluding hydrogens is 274 g/mol. The zero-order valence-corrected chi connectivity index (χ0v) is 13.6. The Hall–Kier alpha value is -2.30. The highest BCUT2D eigenvalue weighted by Gasteiger charge is 2.09. The first-order chi connectivity index (χ1) is 10.4. The molecule has 0 amide bonds. The summed E-state index contributed by atoms with van der Waals surface area (Å²) in [6.07, 6.45) is 4.61. The van der Waals surface area contributed by atoms with E-state index in [9.17, 15) is 0 Å². The number of imidazole rings is 1. The highest BCUT2D eigenvalue weighted by Crippen LogP contribution is 2.06. The first-order valence-electron chi connectivity index (χ1n) is 7.56. The molecule has 2 aromatic rings. The number of aromatic nitrogens is 2. The molecule has 1 aromatic heterocycles. The summed E-state index contributed by atoms with van der Waals surface area (Å²) in [5.74, 6) is 1.50. The van der Waals surface area contributed by atoms with E-state index in [1.165, 1.54) is 5.56 Å². The highest BCUT2D eigenvalue weighted by molar-refractivity contribution is 5.78. The fourth-order valence-corrected chi connectivity index (χ4v) is 2.19. The third kappa shape index (κ3) is 5.24. The predicted octanol–water partition coefficient (Wildman–Crippen LogP) is 2.18. The molecule has 0 atom stereocenters. The van der Waals surface area contributed by atoms with Gasteiger partial charge in [-0.1, -0.05) is 30.3 Å². The van der Waals surface area contributed by atoms with Crippen LogP contribution >= 0.6 is 0 Å². The summed E-state index contributed by atoms with van der Waals surface area (Å²) >= 11 is 0. The van der Waals surface area contributed by atoms with Gasteiger partial charge in [-0.15, -0.1) is 0 Å². The van der Waals surface area contributed by atoms with Gasteiger partial charge < -0.3 is 15.6 Å². The summed E-state index contributed by atoms with van der Waals surface area (Å²) in [7, 11) is 0. The van der Waals surface area contributed by atoms with Gasteiger partial charge in [-0.25, -0.2) is 4.98 Å². The molecule has 0 unspecified atom stereocenters. The van der Waals surface area contributed by atoms with Gasteiger partial charge in [0.15, 0.2) is 5.96 Å². The number of nitrogens with two attached hydrogens (primary N) is 1. The Labute approximate surface area is 132 Å². The maximum Gasteiger partial charge on any atom is 0.188 e. The lowest BCUT2D eigenvalue weighted by atomic mass is 10.1. The van der Waals surface area contributed by atoms with E-state index in [1.54, 1.807) is 0 Å². The molecule has 0 aliphatic heterocycles. The Morgan fingerprint density at radius 3 is 2.68 bits per heavy atom. The van der Waals surface area contributed by atoms with Gasteiger partial charge in [-0.3, -0.25) is 4.99 Å². The standard InChI is InChI=1S/C17H25N5/c1-17(2,3)21-16(18)20-10-9-15-19-11-12-22(15)13-14-7-5-4-6-8-14/h4-8,11-12H,9-10,13H2,1-3H3,(H3,18,20,21). The molecular formula is C17H25N5. The number of rotatable bonds is 5. The van der Waals surface area contributed by atoms with Crippen LogP contribution in [0.15, 0.2) is 47.7 Å². The molecule has 0 bridgehead atoms. The predicted molar refractivity (Wildman–Crippen MR) is 90.9 cm³/mol. The van der Waals surface area contributed by atoms with Crippen LogP contribution in [0, 0.1) is 0 Å². The summed E-state index contributed by atoms with van der Waals surface area (Å²) in [6.45, 7) is 7.63. The molecule has 0 radical (unpaired) electrons. The number of aliphatic imine (C=N–C) groups is 1. The maximum atomic E-state index is 5.87. The van der Waals surface area contributed by atoms with Gasteiger partial charge in [0, 0.05) is 37.4 Å². The lowest BCUT2D eigenvalue weighted by Crippen LogP contribution is -2.45. The first-order valence-corrected chi connectivity index (χ1v) is 7.56. The van der Waals surface area contributed by atoms with Crippen LogP contribution < -0.4 is 11.1 Å². The summed E-state index contributed by atoms with van der Waals surface area (Å²) < 4.78 is 2.15. The van der Waals surface area contributed by atoms with E-state index < -0.39 is 0 Å². The second-order valence-electron chi connectivity index (χ2n) is 6.35. The molecule has 1 aromatic carbocycles. The van der Waals surface area contributed by atoms with Gasteiger partial charge >= 0.3 is 0 Å². The molecule has 118 valence electrons. The second kappa shape index (κ2) is 7.11. The van der Waals surface area contributed by atoms with Crippen molar-refractivity contribution in [2.45, 2.75) is 39.3 Å². The lowest BCUT2D eigenvalue weighted by molar-refractivity contribution is 0.508. The normalized spacial score (nSPS) is 12.4. The zero-order chi connectivity index (χ0) is 16.0. The number of benzene rings is 1. The number of hydrogen-bond donors (Lipinski definition) is 2. The molecule has 0 fully saturated rings. The van der Waals surface area contributed by atoms with E-state index in [-0.39, 0.29) is 5.54 Å². The van der Waals surface area contributed by atoms with E-state index >= 15 is 0 Å². The van der Waals surface area contributed by atoms with Gasteiger partial charge in [0.05, 0.1) is 0 Å². The van der Waals surface area contributed by atoms with Crippen LogP contribution in [0.2, 0.25) is 0 Å². The summed E-state index contributed by atoms with van der Waals surface area (Å²) in [4.78, 5) is 8.78. The maximum absolute atomic E-state index is 5.87. The SMILES string of the molecule is CC(C)(C)NC(N)=NCCc1nccn1Cc1ccccc1. The third-order valence-electron chi connectivity index (χ3n) is 3.12. The number of nitrogens with one attached hydrogen (secondary N) is 1. The Morgan fingerprint density at radius 1 is 1.27 bits per heavy atom. The summed E-state index contributed by atoms with van der Waals surface area (Å²) in [6, 6.07) is 10.4.